The van der Waals surface area contributed by atoms with Crippen LogP contribution in [0, 0.1) is 46.8 Å². The lowest BCUT2D eigenvalue weighted by atomic mass is 9.63. The van der Waals surface area contributed by atoms with E-state index in [1.807, 2.05) is 0 Å². The molecule has 1 aromatic rings. The molecule has 2 bridgehead atoms. The van der Waals surface area contributed by atoms with Crippen molar-refractivity contribution in [3.05, 3.63) is 42.0 Å². The van der Waals surface area contributed by atoms with Gasteiger partial charge in [0, 0.05) is 0 Å². The van der Waals surface area contributed by atoms with Crippen LogP contribution in [-0.4, -0.2) is 11.8 Å². The molecule has 3 fully saturated rings. The topological polar surface area (TPSA) is 61.2 Å². The highest BCUT2D eigenvalue weighted by atomic mass is 16.2. The highest BCUT2D eigenvalue weighted by Gasteiger charge is 2.67. The standard InChI is InChI=1S/C18H14N2O2/c19-8-9-3-1-2-4-14(9)20-17(21)15-10-5-6-11(13-7-12(10)13)16(15)18(20)22/h1-6,10-13,15-16H,7H2/t10-,11-,12-,13-,15+,16+/m1/s1. The van der Waals surface area contributed by atoms with Gasteiger partial charge in [-0.15, -0.1) is 0 Å². The smallest absolute Gasteiger partial charge is 0.238 e. The zero-order valence-corrected chi connectivity index (χ0v) is 11.8. The Hall–Kier alpha value is -2.41. The van der Waals surface area contributed by atoms with E-state index in [1.54, 1.807) is 24.3 Å². The van der Waals surface area contributed by atoms with E-state index in [0.717, 1.165) is 6.42 Å². The van der Waals surface area contributed by atoms with Crippen LogP contribution in [0.4, 0.5) is 5.69 Å². The summed E-state index contributed by atoms with van der Waals surface area (Å²) in [6.07, 6.45) is 5.47. The molecule has 0 radical (unpaired) electrons. The molecule has 1 heterocycles. The number of imide groups is 1. The molecule has 22 heavy (non-hydrogen) atoms. The van der Waals surface area contributed by atoms with Crippen LogP contribution in [0.3, 0.4) is 0 Å². The van der Waals surface area contributed by atoms with E-state index in [4.69, 9.17) is 0 Å². The summed E-state index contributed by atoms with van der Waals surface area (Å²) in [7, 11) is 0. The molecule has 1 saturated heterocycles. The summed E-state index contributed by atoms with van der Waals surface area (Å²) in [5.74, 6) is 0.991. The quantitative estimate of drug-likeness (QED) is 0.588. The highest BCUT2D eigenvalue weighted by molar-refractivity contribution is 6.23. The molecular formula is C18H14N2O2. The molecule has 1 aromatic carbocycles. The number of benzene rings is 1. The SMILES string of the molecule is N#Cc1ccccc1N1C(=O)[C@H]2[C@@H]3C=C[C@H]([C@H]4C[C@H]34)[C@@H]2C1=O. The normalized spacial score (nSPS) is 40.4. The minimum absolute atomic E-state index is 0.109. The number of hydrogen-bond donors (Lipinski definition) is 0. The molecule has 1 aliphatic heterocycles. The predicted octanol–water partition coefficient (Wildman–Crippen LogP) is 2.12. The first-order valence-electron chi connectivity index (χ1n) is 7.77. The summed E-state index contributed by atoms with van der Waals surface area (Å²) in [5, 5.41) is 9.26. The van der Waals surface area contributed by atoms with Crippen LogP contribution in [0.2, 0.25) is 0 Å². The van der Waals surface area contributed by atoms with Crippen LogP contribution >= 0.6 is 0 Å². The summed E-state index contributed by atoms with van der Waals surface area (Å²) in [6.45, 7) is 0. The highest BCUT2D eigenvalue weighted by Crippen LogP contribution is 2.65. The zero-order chi connectivity index (χ0) is 15.0. The Labute approximate surface area is 128 Å². The van der Waals surface area contributed by atoms with Gasteiger partial charge in [-0.05, 0) is 42.2 Å². The van der Waals surface area contributed by atoms with Crippen molar-refractivity contribution in [3.8, 4) is 6.07 Å². The first-order chi connectivity index (χ1) is 10.7. The average molecular weight is 290 g/mol. The lowest BCUT2D eigenvalue weighted by Crippen LogP contribution is -2.40. The van der Waals surface area contributed by atoms with Crippen molar-refractivity contribution < 1.29 is 9.59 Å². The molecule has 4 aliphatic carbocycles. The monoisotopic (exact) mass is 290 g/mol. The molecule has 108 valence electrons. The van der Waals surface area contributed by atoms with E-state index in [2.05, 4.69) is 18.2 Å². The second-order valence-electron chi connectivity index (χ2n) is 6.80. The molecule has 5 aliphatic rings. The lowest BCUT2D eigenvalue weighted by Gasteiger charge is -2.37. The number of carbonyl (C=O) groups is 2. The Balaban J connectivity index is 1.62. The molecule has 0 N–H and O–H groups in total. The first kappa shape index (κ1) is 12.2. The number of nitrogens with zero attached hydrogens (tertiary/aromatic N) is 2. The van der Waals surface area contributed by atoms with Gasteiger partial charge in [-0.1, -0.05) is 24.3 Å². The number of carbonyl (C=O) groups excluding carboxylic acids is 2. The Morgan fingerprint density at radius 3 is 2.18 bits per heavy atom. The summed E-state index contributed by atoms with van der Waals surface area (Å²) >= 11 is 0. The second-order valence-corrected chi connectivity index (χ2v) is 6.80. The summed E-state index contributed by atoms with van der Waals surface area (Å²) < 4.78 is 0. The molecule has 6 rings (SSSR count). The van der Waals surface area contributed by atoms with Crippen molar-refractivity contribution in [1.29, 1.82) is 5.26 Å². The maximum atomic E-state index is 12.9. The molecule has 4 nitrogen and oxygen atoms in total. The Morgan fingerprint density at radius 2 is 1.59 bits per heavy atom. The van der Waals surface area contributed by atoms with E-state index in [0.29, 0.717) is 23.1 Å². The van der Waals surface area contributed by atoms with Crippen molar-refractivity contribution >= 4 is 17.5 Å². The van der Waals surface area contributed by atoms with Gasteiger partial charge >= 0.3 is 0 Å². The van der Waals surface area contributed by atoms with Gasteiger partial charge in [0.05, 0.1) is 23.1 Å². The summed E-state index contributed by atoms with van der Waals surface area (Å²) in [4.78, 5) is 27.2. The van der Waals surface area contributed by atoms with E-state index >= 15 is 0 Å². The Morgan fingerprint density at radius 1 is 1.00 bits per heavy atom. The van der Waals surface area contributed by atoms with Crippen molar-refractivity contribution in [2.75, 3.05) is 4.90 Å². The van der Waals surface area contributed by atoms with Crippen LogP contribution in [0.15, 0.2) is 36.4 Å². The van der Waals surface area contributed by atoms with E-state index in [9.17, 15) is 14.9 Å². The third-order valence-corrected chi connectivity index (χ3v) is 5.93. The maximum Gasteiger partial charge on any atom is 0.238 e. The molecule has 6 atom stereocenters. The molecule has 0 unspecified atom stereocenters. The fourth-order valence-electron chi connectivity index (χ4n) is 4.96. The van der Waals surface area contributed by atoms with Gasteiger partial charge in [-0.25, -0.2) is 4.90 Å². The van der Waals surface area contributed by atoms with Gasteiger partial charge in [-0.3, -0.25) is 9.59 Å². The summed E-state index contributed by atoms with van der Waals surface area (Å²) in [6, 6.07) is 8.96. The number of nitriles is 1. The minimum atomic E-state index is -0.210. The minimum Gasteiger partial charge on any atom is -0.274 e. The Bertz CT molecular complexity index is 755. The third-order valence-electron chi connectivity index (χ3n) is 5.93. The lowest BCUT2D eigenvalue weighted by molar-refractivity contribution is -0.124. The number of rotatable bonds is 1. The van der Waals surface area contributed by atoms with Gasteiger partial charge in [0.25, 0.3) is 0 Å². The second kappa shape index (κ2) is 3.86. The third kappa shape index (κ3) is 1.28. The first-order valence-corrected chi connectivity index (χ1v) is 7.77. The van der Waals surface area contributed by atoms with E-state index < -0.39 is 0 Å². The van der Waals surface area contributed by atoms with Crippen LogP contribution < -0.4 is 4.90 Å². The Kier molecular flexibility index (Phi) is 2.14. The maximum absolute atomic E-state index is 12.9. The van der Waals surface area contributed by atoms with Crippen LogP contribution in [0.5, 0.6) is 0 Å². The fourth-order valence-corrected chi connectivity index (χ4v) is 4.96. The van der Waals surface area contributed by atoms with Crippen molar-refractivity contribution in [2.24, 2.45) is 35.5 Å². The fraction of sp³-hybridized carbons (Fsp3) is 0.389. The number of anilines is 1. The van der Waals surface area contributed by atoms with Gasteiger partial charge in [0.1, 0.15) is 6.07 Å². The van der Waals surface area contributed by atoms with Crippen molar-refractivity contribution in [1.82, 2.24) is 0 Å². The van der Waals surface area contributed by atoms with Crippen LogP contribution in [0.1, 0.15) is 12.0 Å². The molecule has 0 aromatic heterocycles. The number of para-hydroxylation sites is 1. The van der Waals surface area contributed by atoms with Gasteiger partial charge in [0.2, 0.25) is 11.8 Å². The van der Waals surface area contributed by atoms with Gasteiger partial charge < -0.3 is 0 Å². The predicted molar refractivity (Wildman–Crippen MR) is 78.3 cm³/mol. The molecular weight excluding hydrogens is 276 g/mol. The van der Waals surface area contributed by atoms with Crippen LogP contribution in [-0.2, 0) is 9.59 Å². The van der Waals surface area contributed by atoms with E-state index in [1.165, 1.54) is 4.90 Å². The number of allylic oxidation sites excluding steroid dienone is 2. The number of hydrogen-bond acceptors (Lipinski definition) is 3. The van der Waals surface area contributed by atoms with Crippen molar-refractivity contribution in [3.63, 3.8) is 0 Å². The summed E-state index contributed by atoms with van der Waals surface area (Å²) in [5.41, 5.74) is 0.829. The van der Waals surface area contributed by atoms with Crippen molar-refractivity contribution in [2.45, 2.75) is 6.42 Å². The number of amides is 2. The van der Waals surface area contributed by atoms with E-state index in [-0.39, 0.29) is 35.5 Å². The molecule has 0 spiro atoms. The molecule has 2 amide bonds. The van der Waals surface area contributed by atoms with Crippen LogP contribution in [0.25, 0.3) is 0 Å². The van der Waals surface area contributed by atoms with Gasteiger partial charge in [-0.2, -0.15) is 5.26 Å². The zero-order valence-electron chi connectivity index (χ0n) is 11.8. The average Bonchev–Trinajstić information content (AvgIpc) is 3.32. The molecule has 2 saturated carbocycles. The largest absolute Gasteiger partial charge is 0.274 e. The molecule has 4 heteroatoms. The van der Waals surface area contributed by atoms with Gasteiger partial charge in [0.15, 0.2) is 0 Å².